The van der Waals surface area contributed by atoms with Crippen LogP contribution in [0.2, 0.25) is 0 Å². The summed E-state index contributed by atoms with van der Waals surface area (Å²) in [6.07, 6.45) is 0. The summed E-state index contributed by atoms with van der Waals surface area (Å²) >= 11 is 3.95. The van der Waals surface area contributed by atoms with E-state index in [9.17, 15) is 0 Å². The van der Waals surface area contributed by atoms with E-state index in [2.05, 4.69) is 18.4 Å². The van der Waals surface area contributed by atoms with Gasteiger partial charge in [0, 0.05) is 4.65 Å². The predicted octanol–water partition coefficient (Wildman–Crippen LogP) is 1.41. The van der Waals surface area contributed by atoms with Crippen molar-refractivity contribution < 1.29 is 0 Å². The lowest BCUT2D eigenvalue weighted by Crippen LogP contribution is -1.02. The monoisotopic (exact) mass is 90.0 g/mol. The smallest absolute Gasteiger partial charge is 0.00653 e. The lowest BCUT2D eigenvalue weighted by molar-refractivity contribution is 2.69. The minimum atomic E-state index is 0.963. The minimum Gasteiger partial charge on any atom is -0.143 e. The predicted molar refractivity (Wildman–Crippen MR) is 25.4 cm³/mol. The zero-order valence-electron chi connectivity index (χ0n) is 2.02. The SMILES string of the molecule is SC1=CP1. The molecular formula is C2H3PS. The Balaban J connectivity index is 2.54. The summed E-state index contributed by atoms with van der Waals surface area (Å²) in [5, 5.41) is 0. The van der Waals surface area contributed by atoms with Crippen LogP contribution in [0.5, 0.6) is 0 Å². The summed E-state index contributed by atoms with van der Waals surface area (Å²) in [5.74, 6) is 2.10. The Morgan fingerprint density at radius 1 is 2.00 bits per heavy atom. The molecule has 0 saturated heterocycles. The fraction of sp³-hybridized carbons (Fsp3) is 0. The number of thiol groups is 1. The Morgan fingerprint density at radius 3 is 2.25 bits per heavy atom. The molecule has 0 N–H and O–H groups in total. The van der Waals surface area contributed by atoms with Crippen molar-refractivity contribution in [2.24, 2.45) is 0 Å². The van der Waals surface area contributed by atoms with Crippen molar-refractivity contribution >= 4 is 21.2 Å². The highest BCUT2D eigenvalue weighted by molar-refractivity contribution is 7.96. The Kier molecular flexibility index (Phi) is 0.503. The van der Waals surface area contributed by atoms with Crippen molar-refractivity contribution in [3.8, 4) is 0 Å². The normalized spacial score (nSPS) is 25.8. The van der Waals surface area contributed by atoms with Crippen LogP contribution in [0.3, 0.4) is 0 Å². The fourth-order valence-corrected chi connectivity index (χ4v) is 0.290. The van der Waals surface area contributed by atoms with E-state index < -0.39 is 0 Å². The summed E-state index contributed by atoms with van der Waals surface area (Å²) in [6, 6.07) is 0. The van der Waals surface area contributed by atoms with Gasteiger partial charge < -0.3 is 0 Å². The summed E-state index contributed by atoms with van der Waals surface area (Å²) in [6.45, 7) is 0. The van der Waals surface area contributed by atoms with Crippen molar-refractivity contribution in [1.29, 1.82) is 0 Å². The molecule has 0 saturated carbocycles. The molecule has 2 heteroatoms. The van der Waals surface area contributed by atoms with E-state index >= 15 is 0 Å². The third kappa shape index (κ3) is 0.470. The molecule has 1 atom stereocenters. The number of hydrogen-bond acceptors (Lipinski definition) is 1. The van der Waals surface area contributed by atoms with Crippen molar-refractivity contribution in [2.75, 3.05) is 0 Å². The first-order valence-corrected chi connectivity index (χ1v) is 2.58. The molecule has 1 aliphatic heterocycles. The standard InChI is InChI=1S/C2H3PS/c4-2-1-3-2/h1,3-4H. The molecule has 0 bridgehead atoms. The van der Waals surface area contributed by atoms with Crippen molar-refractivity contribution in [3.63, 3.8) is 0 Å². The zero-order chi connectivity index (χ0) is 2.99. The van der Waals surface area contributed by atoms with Crippen LogP contribution < -0.4 is 0 Å². The van der Waals surface area contributed by atoms with Crippen LogP contribution in [0.1, 0.15) is 0 Å². The summed E-state index contributed by atoms with van der Waals surface area (Å²) in [7, 11) is 0.963. The summed E-state index contributed by atoms with van der Waals surface area (Å²) < 4.78 is 1.26. The molecule has 0 radical (unpaired) electrons. The van der Waals surface area contributed by atoms with Gasteiger partial charge in [0.1, 0.15) is 0 Å². The minimum absolute atomic E-state index is 0.963. The maximum Gasteiger partial charge on any atom is 0.00653 e. The van der Waals surface area contributed by atoms with Crippen LogP contribution in [-0.2, 0) is 0 Å². The molecular weight excluding hydrogens is 87.1 g/mol. The molecule has 0 nitrogen and oxygen atoms in total. The second-order valence-electron chi connectivity index (χ2n) is 0.674. The van der Waals surface area contributed by atoms with E-state index in [-0.39, 0.29) is 0 Å². The first kappa shape index (κ1) is 2.74. The van der Waals surface area contributed by atoms with Gasteiger partial charge in [-0.3, -0.25) is 0 Å². The van der Waals surface area contributed by atoms with Crippen LogP contribution in [0.15, 0.2) is 10.5 Å². The molecule has 4 heavy (non-hydrogen) atoms. The molecule has 0 spiro atoms. The molecule has 0 aliphatic carbocycles. The Bertz CT molecular complexity index is 57.1. The van der Waals surface area contributed by atoms with Gasteiger partial charge in [0.2, 0.25) is 0 Å². The van der Waals surface area contributed by atoms with E-state index in [0.717, 1.165) is 8.58 Å². The third-order valence-corrected chi connectivity index (χ3v) is 1.59. The highest BCUT2D eigenvalue weighted by Gasteiger charge is 1.95. The van der Waals surface area contributed by atoms with E-state index in [1.54, 1.807) is 0 Å². The van der Waals surface area contributed by atoms with E-state index in [1.807, 2.05) is 0 Å². The zero-order valence-corrected chi connectivity index (χ0v) is 3.92. The quantitative estimate of drug-likeness (QED) is 0.337. The lowest BCUT2D eigenvalue weighted by Gasteiger charge is -1.46. The maximum absolute atomic E-state index is 3.95. The summed E-state index contributed by atoms with van der Waals surface area (Å²) in [4.78, 5) is 0. The van der Waals surface area contributed by atoms with Gasteiger partial charge in [-0.2, -0.15) is 0 Å². The van der Waals surface area contributed by atoms with Crippen LogP contribution in [-0.4, -0.2) is 0 Å². The average molecular weight is 90.1 g/mol. The Morgan fingerprint density at radius 2 is 2.25 bits per heavy atom. The van der Waals surface area contributed by atoms with E-state index in [4.69, 9.17) is 0 Å². The van der Waals surface area contributed by atoms with Crippen LogP contribution in [0.4, 0.5) is 0 Å². The van der Waals surface area contributed by atoms with Gasteiger partial charge in [-0.25, -0.2) is 0 Å². The maximum atomic E-state index is 3.95. The van der Waals surface area contributed by atoms with Crippen LogP contribution in [0, 0.1) is 0 Å². The molecule has 1 aliphatic rings. The van der Waals surface area contributed by atoms with Crippen LogP contribution >= 0.6 is 21.2 Å². The second kappa shape index (κ2) is 0.734. The average Bonchev–Trinajstić information content (AvgIpc) is 1.75. The van der Waals surface area contributed by atoms with Gasteiger partial charge in [0.25, 0.3) is 0 Å². The van der Waals surface area contributed by atoms with E-state index in [1.165, 1.54) is 4.65 Å². The fourth-order valence-electron chi connectivity index (χ4n) is 0.0323. The lowest BCUT2D eigenvalue weighted by atomic mass is 11.3. The largest absolute Gasteiger partial charge is 0.143 e. The van der Waals surface area contributed by atoms with E-state index in [0.29, 0.717) is 0 Å². The Hall–Kier alpha value is 0.520. The van der Waals surface area contributed by atoms with Crippen molar-refractivity contribution in [1.82, 2.24) is 0 Å². The highest BCUT2D eigenvalue weighted by atomic mass is 32.1. The molecule has 0 fully saturated rings. The number of hydrogen-bond donors (Lipinski definition) is 1. The van der Waals surface area contributed by atoms with Crippen molar-refractivity contribution in [3.05, 3.63) is 10.5 Å². The van der Waals surface area contributed by atoms with Gasteiger partial charge in [-0.15, -0.1) is 12.6 Å². The van der Waals surface area contributed by atoms with Crippen molar-refractivity contribution in [2.45, 2.75) is 0 Å². The Labute approximate surface area is 32.5 Å². The molecule has 0 aromatic rings. The second-order valence-corrected chi connectivity index (χ2v) is 2.69. The van der Waals surface area contributed by atoms with Gasteiger partial charge in [-0.05, 0) is 5.82 Å². The summed E-state index contributed by atoms with van der Waals surface area (Å²) in [5.41, 5.74) is 0. The molecule has 1 unspecified atom stereocenters. The topological polar surface area (TPSA) is 0 Å². The first-order chi connectivity index (χ1) is 1.89. The van der Waals surface area contributed by atoms with Gasteiger partial charge in [0.15, 0.2) is 0 Å². The molecule has 0 aromatic heterocycles. The first-order valence-electron chi connectivity index (χ1n) is 1.05. The number of rotatable bonds is 0. The molecule has 0 amide bonds. The third-order valence-electron chi connectivity index (χ3n) is 0.273. The van der Waals surface area contributed by atoms with Crippen LogP contribution in [0.25, 0.3) is 0 Å². The van der Waals surface area contributed by atoms with Gasteiger partial charge >= 0.3 is 0 Å². The van der Waals surface area contributed by atoms with Gasteiger partial charge in [-0.1, -0.05) is 8.58 Å². The molecule has 22 valence electrons. The molecule has 1 heterocycles. The van der Waals surface area contributed by atoms with Gasteiger partial charge in [0.05, 0.1) is 0 Å². The highest BCUT2D eigenvalue weighted by Crippen LogP contribution is 2.44. The molecule has 1 rings (SSSR count). The molecule has 0 aromatic carbocycles.